The Hall–Kier alpha value is -2.83. The summed E-state index contributed by atoms with van der Waals surface area (Å²) in [6.45, 7) is 4.35. The molecule has 6 heteroatoms. The summed E-state index contributed by atoms with van der Waals surface area (Å²) in [5, 5.41) is 4.92. The normalized spacial score (nSPS) is 24.5. The number of hydrogen-bond donors (Lipinski definition) is 0. The summed E-state index contributed by atoms with van der Waals surface area (Å²) >= 11 is 0. The molecule has 2 aromatic heterocycles. The van der Waals surface area contributed by atoms with Crippen LogP contribution in [0.4, 0.5) is 4.39 Å². The number of benzene rings is 1. The summed E-state index contributed by atoms with van der Waals surface area (Å²) in [5.41, 5.74) is 5.26. The Bertz CT molecular complexity index is 1210. The Morgan fingerprint density at radius 1 is 1.21 bits per heavy atom. The monoisotopic (exact) mass is 461 g/mol. The average Bonchev–Trinajstić information content (AvgIpc) is 3.40. The second kappa shape index (κ2) is 9.43. The summed E-state index contributed by atoms with van der Waals surface area (Å²) in [5.74, 6) is -0.0597. The molecular formula is C28H32FN3O2. The van der Waals surface area contributed by atoms with Crippen LogP contribution in [-0.4, -0.2) is 47.6 Å². The molecule has 5 nitrogen and oxygen atoms in total. The van der Waals surface area contributed by atoms with Gasteiger partial charge in [0.25, 0.3) is 0 Å². The van der Waals surface area contributed by atoms with E-state index in [1.54, 1.807) is 12.1 Å². The van der Waals surface area contributed by atoms with Crippen LogP contribution >= 0.6 is 0 Å². The lowest BCUT2D eigenvalue weighted by atomic mass is 9.82. The van der Waals surface area contributed by atoms with E-state index in [-0.39, 0.29) is 17.8 Å². The number of aldehydes is 1. The van der Waals surface area contributed by atoms with Gasteiger partial charge in [-0.1, -0.05) is 18.2 Å². The summed E-state index contributed by atoms with van der Waals surface area (Å²) in [6, 6.07) is 9.25. The molecule has 2 unspecified atom stereocenters. The molecule has 178 valence electrons. The predicted octanol–water partition coefficient (Wildman–Crippen LogP) is 5.65. The summed E-state index contributed by atoms with van der Waals surface area (Å²) in [6.07, 6.45) is 9.89. The minimum atomic E-state index is -0.326. The number of halogens is 1. The SMILES string of the molecule is C=CCOC1CCC(c2ccn3nc4c(c3c2)C(c2c(F)cccc2C=O)CC4N(C)C)CC1. The highest BCUT2D eigenvalue weighted by Gasteiger charge is 2.40. The molecule has 2 aliphatic rings. The van der Waals surface area contributed by atoms with Gasteiger partial charge in [0.15, 0.2) is 0 Å². The molecule has 0 aliphatic heterocycles. The van der Waals surface area contributed by atoms with Crippen LogP contribution in [0.5, 0.6) is 0 Å². The number of hydrogen-bond acceptors (Lipinski definition) is 4. The van der Waals surface area contributed by atoms with E-state index in [4.69, 9.17) is 9.84 Å². The molecule has 34 heavy (non-hydrogen) atoms. The van der Waals surface area contributed by atoms with Crippen molar-refractivity contribution in [2.24, 2.45) is 0 Å². The number of aromatic nitrogens is 2. The van der Waals surface area contributed by atoms with E-state index in [0.717, 1.165) is 48.7 Å². The van der Waals surface area contributed by atoms with Crippen LogP contribution in [0.25, 0.3) is 5.52 Å². The Labute approximate surface area is 200 Å². The second-order valence-corrected chi connectivity index (χ2v) is 9.81. The Morgan fingerprint density at radius 2 is 2.00 bits per heavy atom. The van der Waals surface area contributed by atoms with Gasteiger partial charge >= 0.3 is 0 Å². The van der Waals surface area contributed by atoms with E-state index in [0.29, 0.717) is 36.2 Å². The van der Waals surface area contributed by atoms with Gasteiger partial charge in [-0.3, -0.25) is 4.79 Å². The van der Waals surface area contributed by atoms with Crippen LogP contribution in [0.15, 0.2) is 49.2 Å². The van der Waals surface area contributed by atoms with Gasteiger partial charge in [-0.15, -0.1) is 6.58 Å². The number of nitrogens with zero attached hydrogens (tertiary/aromatic N) is 3. The van der Waals surface area contributed by atoms with Gasteiger partial charge in [-0.05, 0) is 75.9 Å². The number of pyridine rings is 1. The molecule has 3 aromatic rings. The molecule has 5 rings (SSSR count). The molecular weight excluding hydrogens is 429 g/mol. The molecule has 2 aliphatic carbocycles. The van der Waals surface area contributed by atoms with E-state index < -0.39 is 0 Å². The zero-order valence-electron chi connectivity index (χ0n) is 19.9. The molecule has 0 bridgehead atoms. The fraction of sp³-hybridized carbons (Fsp3) is 0.429. The number of ether oxygens (including phenoxy) is 1. The molecule has 0 radical (unpaired) electrons. The van der Waals surface area contributed by atoms with Crippen molar-refractivity contribution in [1.29, 1.82) is 0 Å². The van der Waals surface area contributed by atoms with Crippen molar-refractivity contribution < 1.29 is 13.9 Å². The van der Waals surface area contributed by atoms with Crippen LogP contribution in [0.1, 0.15) is 82.7 Å². The minimum absolute atomic E-state index is 0.0694. The van der Waals surface area contributed by atoms with Crippen molar-refractivity contribution in [2.45, 2.75) is 56.1 Å². The maximum atomic E-state index is 15.1. The van der Waals surface area contributed by atoms with Crippen molar-refractivity contribution in [3.8, 4) is 0 Å². The smallest absolute Gasteiger partial charge is 0.150 e. The lowest BCUT2D eigenvalue weighted by molar-refractivity contribution is 0.0424. The third kappa shape index (κ3) is 3.99. The van der Waals surface area contributed by atoms with Gasteiger partial charge in [-0.2, -0.15) is 5.10 Å². The quantitative estimate of drug-likeness (QED) is 0.337. The zero-order chi connectivity index (χ0) is 23.8. The van der Waals surface area contributed by atoms with Crippen LogP contribution < -0.4 is 0 Å². The molecule has 2 atom stereocenters. The number of rotatable bonds is 7. The Kier molecular flexibility index (Phi) is 6.36. The van der Waals surface area contributed by atoms with Crippen molar-refractivity contribution in [3.63, 3.8) is 0 Å². The van der Waals surface area contributed by atoms with Gasteiger partial charge in [0.05, 0.1) is 30.0 Å². The largest absolute Gasteiger partial charge is 0.374 e. The lowest BCUT2D eigenvalue weighted by Crippen LogP contribution is -2.21. The highest BCUT2D eigenvalue weighted by atomic mass is 19.1. The van der Waals surface area contributed by atoms with Crippen LogP contribution in [0.3, 0.4) is 0 Å². The third-order valence-electron chi connectivity index (χ3n) is 7.63. The number of carbonyl (C=O) groups is 1. The molecule has 1 fully saturated rings. The molecule has 2 heterocycles. The van der Waals surface area contributed by atoms with Crippen LogP contribution in [-0.2, 0) is 4.74 Å². The van der Waals surface area contributed by atoms with Crippen molar-refractivity contribution >= 4 is 11.8 Å². The van der Waals surface area contributed by atoms with Crippen molar-refractivity contribution in [2.75, 3.05) is 20.7 Å². The Morgan fingerprint density at radius 3 is 2.71 bits per heavy atom. The van der Waals surface area contributed by atoms with Crippen LogP contribution in [0, 0.1) is 5.82 Å². The first-order valence-corrected chi connectivity index (χ1v) is 12.2. The fourth-order valence-corrected chi connectivity index (χ4v) is 5.92. The maximum Gasteiger partial charge on any atom is 0.150 e. The second-order valence-electron chi connectivity index (χ2n) is 9.81. The van der Waals surface area contributed by atoms with E-state index in [2.05, 4.69) is 23.6 Å². The molecule has 1 aromatic carbocycles. The van der Waals surface area contributed by atoms with Gasteiger partial charge in [0.1, 0.15) is 12.1 Å². The zero-order valence-corrected chi connectivity index (χ0v) is 19.9. The maximum absolute atomic E-state index is 15.1. The molecule has 1 saturated carbocycles. The van der Waals surface area contributed by atoms with Crippen molar-refractivity contribution in [3.05, 3.63) is 82.9 Å². The molecule has 0 saturated heterocycles. The summed E-state index contributed by atoms with van der Waals surface area (Å²) in [4.78, 5) is 13.9. The summed E-state index contributed by atoms with van der Waals surface area (Å²) in [7, 11) is 4.06. The first-order valence-electron chi connectivity index (χ1n) is 12.2. The first kappa shape index (κ1) is 22.9. The third-order valence-corrected chi connectivity index (χ3v) is 7.63. The topological polar surface area (TPSA) is 46.8 Å². The van der Waals surface area contributed by atoms with E-state index in [9.17, 15) is 4.79 Å². The predicted molar refractivity (Wildman–Crippen MR) is 131 cm³/mol. The summed E-state index contributed by atoms with van der Waals surface area (Å²) < 4.78 is 22.9. The number of carbonyl (C=O) groups excluding carboxylic acids is 1. The van der Waals surface area contributed by atoms with Gasteiger partial charge in [0.2, 0.25) is 0 Å². The van der Waals surface area contributed by atoms with Gasteiger partial charge in [-0.25, -0.2) is 8.91 Å². The standard InChI is InChI=1S/C28H32FN3O2/c1-4-14-34-21-10-8-18(9-11-21)19-12-13-32-24(15-19)27-22(16-25(31(2)3)28(27)30-32)26-20(17-33)6-5-7-23(26)29/h4-7,12-13,15,17-18,21-22,25H,1,8-11,14,16H2,2-3H3. The highest BCUT2D eigenvalue weighted by molar-refractivity contribution is 5.79. The highest BCUT2D eigenvalue weighted by Crippen LogP contribution is 2.49. The molecule has 0 spiro atoms. The first-order chi connectivity index (χ1) is 16.5. The Balaban J connectivity index is 1.54. The lowest BCUT2D eigenvalue weighted by Gasteiger charge is -2.28. The minimum Gasteiger partial charge on any atom is -0.374 e. The average molecular weight is 462 g/mol. The van der Waals surface area contributed by atoms with Crippen molar-refractivity contribution in [1.82, 2.24) is 14.5 Å². The fourth-order valence-electron chi connectivity index (χ4n) is 5.92. The van der Waals surface area contributed by atoms with Gasteiger partial charge < -0.3 is 9.64 Å². The van der Waals surface area contributed by atoms with E-state index in [1.807, 2.05) is 30.9 Å². The van der Waals surface area contributed by atoms with Crippen LogP contribution in [0.2, 0.25) is 0 Å². The van der Waals surface area contributed by atoms with Gasteiger partial charge in [0, 0.05) is 28.8 Å². The molecule has 0 N–H and O–H groups in total. The number of fused-ring (bicyclic) bond motifs is 3. The molecule has 0 amide bonds. The van der Waals surface area contributed by atoms with E-state index >= 15 is 4.39 Å². The van der Waals surface area contributed by atoms with E-state index in [1.165, 1.54) is 11.6 Å².